The van der Waals surface area contributed by atoms with E-state index < -0.39 is 10.1 Å². The number of pyridine rings is 1. The molecule has 0 saturated heterocycles. The molecule has 4 aromatic rings. The summed E-state index contributed by atoms with van der Waals surface area (Å²) in [5.41, 5.74) is 2.22. The maximum Gasteiger partial charge on any atom is 0.339 e. The summed E-state index contributed by atoms with van der Waals surface area (Å²) in [7, 11) is -3.97. The molecule has 4 rings (SSSR count). The Bertz CT molecular complexity index is 1280. The Kier molecular flexibility index (Phi) is 5.08. The fraction of sp³-hybridized carbons (Fsp3) is 0. The van der Waals surface area contributed by atoms with Gasteiger partial charge < -0.3 is 4.18 Å². The summed E-state index contributed by atoms with van der Waals surface area (Å²) in [5, 5.41) is 9.67. The average Bonchev–Trinajstić information content (AvgIpc) is 3.25. The second kappa shape index (κ2) is 7.83. The molecule has 0 aliphatic carbocycles. The summed E-state index contributed by atoms with van der Waals surface area (Å²) in [4.78, 5) is 9.47. The first-order valence-electron chi connectivity index (χ1n) is 8.46. The predicted octanol–water partition coefficient (Wildman–Crippen LogP) is 4.51. The fourth-order valence-electron chi connectivity index (χ4n) is 2.58. The third-order valence-corrected chi connectivity index (χ3v) is 6.39. The highest BCUT2D eigenvalue weighted by Gasteiger charge is 2.17. The standard InChI is InChI=1S/C21H13N3O3S2/c22-12-15-3-9-19(10-4-15)29(25,26)27-18-7-5-16(6-8-18)20-14-24-21(28-20)17-2-1-11-23-13-17/h1-11,13-14H. The summed E-state index contributed by atoms with van der Waals surface area (Å²) in [5.74, 6) is 0.204. The largest absolute Gasteiger partial charge is 0.379 e. The van der Waals surface area contributed by atoms with Crippen LogP contribution in [-0.4, -0.2) is 18.4 Å². The normalized spacial score (nSPS) is 11.0. The lowest BCUT2D eigenvalue weighted by molar-refractivity contribution is 0.486. The number of benzene rings is 2. The van der Waals surface area contributed by atoms with Crippen LogP contribution in [0, 0.1) is 11.3 Å². The Labute approximate surface area is 171 Å². The van der Waals surface area contributed by atoms with Crippen LogP contribution in [0.3, 0.4) is 0 Å². The van der Waals surface area contributed by atoms with Gasteiger partial charge in [-0.1, -0.05) is 0 Å². The number of hydrogen-bond acceptors (Lipinski definition) is 7. The molecule has 0 amide bonds. The van der Waals surface area contributed by atoms with E-state index in [1.54, 1.807) is 42.9 Å². The van der Waals surface area contributed by atoms with Gasteiger partial charge in [-0.3, -0.25) is 4.98 Å². The van der Waals surface area contributed by atoms with E-state index in [2.05, 4.69) is 9.97 Å². The molecule has 0 saturated carbocycles. The quantitative estimate of drug-likeness (QED) is 0.442. The van der Waals surface area contributed by atoms with Crippen molar-refractivity contribution in [2.24, 2.45) is 0 Å². The summed E-state index contributed by atoms with van der Waals surface area (Å²) in [6, 6.07) is 18.1. The SMILES string of the molecule is N#Cc1ccc(S(=O)(=O)Oc2ccc(-c3cnc(-c4cccnc4)s3)cc2)cc1. The lowest BCUT2D eigenvalue weighted by Gasteiger charge is -2.07. The zero-order valence-electron chi connectivity index (χ0n) is 14.9. The number of nitriles is 1. The van der Waals surface area contributed by atoms with E-state index in [0.29, 0.717) is 5.56 Å². The Morgan fingerprint density at radius 2 is 1.69 bits per heavy atom. The maximum atomic E-state index is 12.4. The first kappa shape index (κ1) is 18.8. The lowest BCUT2D eigenvalue weighted by Crippen LogP contribution is -2.09. The number of thiazole rings is 1. The molecule has 0 spiro atoms. The maximum absolute atomic E-state index is 12.4. The number of aromatic nitrogens is 2. The highest BCUT2D eigenvalue weighted by Crippen LogP contribution is 2.32. The van der Waals surface area contributed by atoms with Gasteiger partial charge in [-0.25, -0.2) is 4.98 Å². The van der Waals surface area contributed by atoms with Crippen LogP contribution >= 0.6 is 11.3 Å². The molecule has 0 aliphatic heterocycles. The zero-order valence-corrected chi connectivity index (χ0v) is 16.5. The lowest BCUT2D eigenvalue weighted by atomic mass is 10.2. The summed E-state index contributed by atoms with van der Waals surface area (Å²) in [6.45, 7) is 0. The van der Waals surface area contributed by atoms with Crippen molar-refractivity contribution in [3.63, 3.8) is 0 Å². The van der Waals surface area contributed by atoms with Crippen LogP contribution in [0.15, 0.2) is 84.1 Å². The minimum Gasteiger partial charge on any atom is -0.379 e. The first-order valence-corrected chi connectivity index (χ1v) is 10.7. The van der Waals surface area contributed by atoms with Crippen LogP contribution in [0.5, 0.6) is 5.75 Å². The molecule has 0 N–H and O–H groups in total. The predicted molar refractivity (Wildman–Crippen MR) is 110 cm³/mol. The first-order chi connectivity index (χ1) is 14.0. The van der Waals surface area contributed by atoms with E-state index >= 15 is 0 Å². The van der Waals surface area contributed by atoms with Gasteiger partial charge in [0.1, 0.15) is 15.7 Å². The molecule has 2 heterocycles. The van der Waals surface area contributed by atoms with Crippen molar-refractivity contribution in [3.8, 4) is 32.8 Å². The Morgan fingerprint density at radius 1 is 0.931 bits per heavy atom. The molecule has 29 heavy (non-hydrogen) atoms. The minimum atomic E-state index is -3.97. The van der Waals surface area contributed by atoms with Gasteiger partial charge in [-0.15, -0.1) is 11.3 Å². The molecule has 0 aliphatic rings. The molecular weight excluding hydrogens is 406 g/mol. The Hall–Kier alpha value is -3.54. The molecule has 0 fully saturated rings. The van der Waals surface area contributed by atoms with E-state index in [1.807, 2.05) is 18.2 Å². The van der Waals surface area contributed by atoms with Crippen molar-refractivity contribution in [1.29, 1.82) is 5.26 Å². The van der Waals surface area contributed by atoms with Crippen LogP contribution in [0.25, 0.3) is 21.0 Å². The van der Waals surface area contributed by atoms with E-state index in [1.165, 1.54) is 35.6 Å². The number of nitrogens with zero attached hydrogens (tertiary/aromatic N) is 3. The van der Waals surface area contributed by atoms with Crippen LogP contribution < -0.4 is 4.18 Å². The van der Waals surface area contributed by atoms with E-state index in [9.17, 15) is 8.42 Å². The molecule has 8 heteroatoms. The van der Waals surface area contributed by atoms with Gasteiger partial charge in [-0.2, -0.15) is 13.7 Å². The highest BCUT2D eigenvalue weighted by atomic mass is 32.2. The molecular formula is C21H13N3O3S2. The third-order valence-electron chi connectivity index (χ3n) is 4.03. The van der Waals surface area contributed by atoms with Gasteiger partial charge in [0, 0.05) is 24.2 Å². The second-order valence-electron chi connectivity index (χ2n) is 5.97. The average molecular weight is 419 g/mol. The molecule has 6 nitrogen and oxygen atoms in total. The van der Waals surface area contributed by atoms with Crippen LogP contribution in [-0.2, 0) is 10.1 Å². The van der Waals surface area contributed by atoms with Crippen LogP contribution in [0.1, 0.15) is 5.56 Å². The van der Waals surface area contributed by atoms with Crippen molar-refractivity contribution in [2.75, 3.05) is 0 Å². The molecule has 2 aromatic heterocycles. The van der Waals surface area contributed by atoms with Gasteiger partial charge in [0.25, 0.3) is 0 Å². The topological polar surface area (TPSA) is 92.9 Å². The van der Waals surface area contributed by atoms with Crippen LogP contribution in [0.2, 0.25) is 0 Å². The summed E-state index contributed by atoms with van der Waals surface area (Å²) in [6.07, 6.45) is 5.24. The second-order valence-corrected chi connectivity index (χ2v) is 8.55. The summed E-state index contributed by atoms with van der Waals surface area (Å²) >= 11 is 1.52. The van der Waals surface area contributed by atoms with E-state index in [4.69, 9.17) is 9.44 Å². The molecule has 0 atom stereocenters. The van der Waals surface area contributed by atoms with Crippen molar-refractivity contribution in [3.05, 3.63) is 84.8 Å². The fourth-order valence-corrected chi connectivity index (χ4v) is 4.42. The molecule has 2 aromatic carbocycles. The van der Waals surface area contributed by atoms with Gasteiger partial charge in [0.15, 0.2) is 0 Å². The third kappa shape index (κ3) is 4.16. The summed E-state index contributed by atoms with van der Waals surface area (Å²) < 4.78 is 30.0. The van der Waals surface area contributed by atoms with Crippen LogP contribution in [0.4, 0.5) is 0 Å². The van der Waals surface area contributed by atoms with Crippen molar-refractivity contribution >= 4 is 21.5 Å². The molecule has 0 bridgehead atoms. The van der Waals surface area contributed by atoms with Gasteiger partial charge >= 0.3 is 10.1 Å². The molecule has 0 unspecified atom stereocenters. The van der Waals surface area contributed by atoms with Gasteiger partial charge in [0.05, 0.1) is 16.5 Å². The smallest absolute Gasteiger partial charge is 0.339 e. The van der Waals surface area contributed by atoms with E-state index in [-0.39, 0.29) is 10.6 Å². The van der Waals surface area contributed by atoms with Gasteiger partial charge in [0.2, 0.25) is 0 Å². The number of hydrogen-bond donors (Lipinski definition) is 0. The minimum absolute atomic E-state index is 0.0101. The Balaban J connectivity index is 1.52. The monoisotopic (exact) mass is 419 g/mol. The highest BCUT2D eigenvalue weighted by molar-refractivity contribution is 7.87. The van der Waals surface area contributed by atoms with Crippen molar-refractivity contribution in [1.82, 2.24) is 9.97 Å². The van der Waals surface area contributed by atoms with E-state index in [0.717, 1.165) is 21.0 Å². The Morgan fingerprint density at radius 3 is 2.34 bits per heavy atom. The van der Waals surface area contributed by atoms with Crippen molar-refractivity contribution in [2.45, 2.75) is 4.90 Å². The molecule has 142 valence electrons. The zero-order chi connectivity index (χ0) is 20.3. The number of rotatable bonds is 5. The van der Waals surface area contributed by atoms with Crippen molar-refractivity contribution < 1.29 is 12.6 Å². The molecule has 0 radical (unpaired) electrons. The van der Waals surface area contributed by atoms with Gasteiger partial charge in [-0.05, 0) is 66.2 Å².